The van der Waals surface area contributed by atoms with Gasteiger partial charge in [-0.1, -0.05) is 5.16 Å². The van der Waals surface area contributed by atoms with Crippen LogP contribution in [0.25, 0.3) is 0 Å². The second kappa shape index (κ2) is 5.90. The first-order valence-electron chi connectivity index (χ1n) is 8.03. The Balaban J connectivity index is 1.45. The fraction of sp³-hybridized carbons (Fsp3) is 0.600. The van der Waals surface area contributed by atoms with E-state index in [-0.39, 0.29) is 23.8 Å². The molecule has 2 amide bonds. The maximum Gasteiger partial charge on any atom is 0.274 e. The highest BCUT2D eigenvalue weighted by Gasteiger charge is 2.47. The molecule has 3 aliphatic heterocycles. The zero-order valence-corrected chi connectivity index (χ0v) is 13.4. The molecule has 9 nitrogen and oxygen atoms in total. The normalized spacial score (nSPS) is 26.1. The van der Waals surface area contributed by atoms with Gasteiger partial charge in [0.15, 0.2) is 11.8 Å². The number of nitrogens with zero attached hydrogens (tertiary/aromatic N) is 5. The number of carbonyl (C=O) groups is 2. The van der Waals surface area contributed by atoms with Gasteiger partial charge in [-0.05, 0) is 6.07 Å². The van der Waals surface area contributed by atoms with Gasteiger partial charge in [0.2, 0.25) is 0 Å². The third-order valence-corrected chi connectivity index (χ3v) is 4.64. The number of rotatable bonds is 2. The molecule has 0 saturated carbocycles. The Morgan fingerprint density at radius 1 is 1.17 bits per heavy atom. The van der Waals surface area contributed by atoms with Crippen LogP contribution in [0.15, 0.2) is 17.4 Å². The third-order valence-electron chi connectivity index (χ3n) is 4.64. The van der Waals surface area contributed by atoms with Crippen LogP contribution in [-0.2, 0) is 21.4 Å². The summed E-state index contributed by atoms with van der Waals surface area (Å²) in [7, 11) is 1.77. The van der Waals surface area contributed by atoms with E-state index in [1.165, 1.54) is 0 Å². The quantitative estimate of drug-likeness (QED) is 0.700. The van der Waals surface area contributed by atoms with Crippen LogP contribution < -0.4 is 0 Å². The van der Waals surface area contributed by atoms with E-state index in [1.54, 1.807) is 33.8 Å². The number of hydrogen-bond donors (Lipinski definition) is 0. The number of fused-ring (bicyclic) bond motifs is 1. The number of aryl methyl sites for hydroxylation is 1. The molecule has 128 valence electrons. The summed E-state index contributed by atoms with van der Waals surface area (Å²) in [5.41, 5.74) is 0.814. The van der Waals surface area contributed by atoms with Gasteiger partial charge in [-0.25, -0.2) is 0 Å². The summed E-state index contributed by atoms with van der Waals surface area (Å²) in [5, 5.41) is 8.13. The van der Waals surface area contributed by atoms with E-state index in [1.807, 2.05) is 0 Å². The van der Waals surface area contributed by atoms with Crippen molar-refractivity contribution in [3.05, 3.63) is 18.0 Å². The van der Waals surface area contributed by atoms with Crippen LogP contribution in [-0.4, -0.2) is 82.6 Å². The maximum atomic E-state index is 12.6. The smallest absolute Gasteiger partial charge is 0.274 e. The topological polar surface area (TPSA) is 89.3 Å². The number of hydrogen-bond acceptors (Lipinski definition) is 6. The minimum atomic E-state index is -0.252. The summed E-state index contributed by atoms with van der Waals surface area (Å²) in [5.74, 6) is -0.433. The third kappa shape index (κ3) is 2.54. The average Bonchev–Trinajstić information content (AvgIpc) is 3.29. The molecule has 2 unspecified atom stereocenters. The van der Waals surface area contributed by atoms with Crippen molar-refractivity contribution >= 4 is 17.5 Å². The number of amides is 2. The van der Waals surface area contributed by atoms with E-state index in [4.69, 9.17) is 9.57 Å². The molecule has 4 rings (SSSR count). The molecule has 4 heterocycles. The van der Waals surface area contributed by atoms with Crippen LogP contribution in [0, 0.1) is 5.92 Å². The Hall–Kier alpha value is -2.42. The lowest BCUT2D eigenvalue weighted by Crippen LogP contribution is -2.46. The van der Waals surface area contributed by atoms with Gasteiger partial charge in [-0.2, -0.15) is 5.10 Å². The average molecular weight is 333 g/mol. The van der Waals surface area contributed by atoms with E-state index >= 15 is 0 Å². The van der Waals surface area contributed by atoms with Crippen molar-refractivity contribution in [3.8, 4) is 0 Å². The van der Waals surface area contributed by atoms with Crippen molar-refractivity contribution < 1.29 is 19.2 Å². The molecule has 0 aromatic carbocycles. The molecule has 2 fully saturated rings. The molecule has 3 aliphatic rings. The van der Waals surface area contributed by atoms with Crippen LogP contribution in [0.5, 0.6) is 0 Å². The van der Waals surface area contributed by atoms with Crippen molar-refractivity contribution in [2.24, 2.45) is 18.1 Å². The summed E-state index contributed by atoms with van der Waals surface area (Å²) < 4.78 is 6.86. The van der Waals surface area contributed by atoms with Gasteiger partial charge in [0.1, 0.15) is 5.69 Å². The molecule has 1 aromatic rings. The van der Waals surface area contributed by atoms with Gasteiger partial charge in [0.05, 0.1) is 25.7 Å². The predicted octanol–water partition coefficient (Wildman–Crippen LogP) is -0.894. The van der Waals surface area contributed by atoms with Crippen molar-refractivity contribution in [1.29, 1.82) is 0 Å². The SMILES string of the molecule is Cn1ccc(C(=O)N2CC3ON=C(C(=O)N4CCOCC4)C3C2)n1. The highest BCUT2D eigenvalue weighted by atomic mass is 16.6. The Morgan fingerprint density at radius 2 is 1.96 bits per heavy atom. The zero-order chi connectivity index (χ0) is 16.7. The van der Waals surface area contributed by atoms with Gasteiger partial charge in [-0.15, -0.1) is 0 Å². The minimum absolute atomic E-state index is 0.113. The first-order valence-corrected chi connectivity index (χ1v) is 8.03. The van der Waals surface area contributed by atoms with Crippen molar-refractivity contribution in [2.75, 3.05) is 39.4 Å². The lowest BCUT2D eigenvalue weighted by Gasteiger charge is -2.27. The fourth-order valence-electron chi connectivity index (χ4n) is 3.32. The Kier molecular flexibility index (Phi) is 3.72. The molecular formula is C15H19N5O4. The lowest BCUT2D eigenvalue weighted by atomic mass is 10.00. The Morgan fingerprint density at radius 3 is 2.67 bits per heavy atom. The fourth-order valence-corrected chi connectivity index (χ4v) is 3.32. The van der Waals surface area contributed by atoms with Crippen LogP contribution in [0.1, 0.15) is 10.5 Å². The highest BCUT2D eigenvalue weighted by molar-refractivity contribution is 6.40. The number of carbonyl (C=O) groups excluding carboxylic acids is 2. The molecule has 24 heavy (non-hydrogen) atoms. The highest BCUT2D eigenvalue weighted by Crippen LogP contribution is 2.29. The Labute approximate surface area is 138 Å². The van der Waals surface area contributed by atoms with E-state index in [0.717, 1.165) is 0 Å². The van der Waals surface area contributed by atoms with E-state index < -0.39 is 0 Å². The van der Waals surface area contributed by atoms with Crippen LogP contribution in [0.2, 0.25) is 0 Å². The van der Waals surface area contributed by atoms with E-state index in [0.29, 0.717) is 50.8 Å². The molecule has 9 heteroatoms. The number of morpholine rings is 1. The van der Waals surface area contributed by atoms with Gasteiger partial charge in [0.25, 0.3) is 11.8 Å². The molecule has 0 aliphatic carbocycles. The van der Waals surface area contributed by atoms with Crippen LogP contribution in [0.4, 0.5) is 0 Å². The monoisotopic (exact) mass is 333 g/mol. The van der Waals surface area contributed by atoms with Crippen molar-refractivity contribution in [1.82, 2.24) is 19.6 Å². The summed E-state index contributed by atoms with van der Waals surface area (Å²) in [4.78, 5) is 34.0. The largest absolute Gasteiger partial charge is 0.389 e. The molecular weight excluding hydrogens is 314 g/mol. The van der Waals surface area contributed by atoms with Gasteiger partial charge >= 0.3 is 0 Å². The zero-order valence-electron chi connectivity index (χ0n) is 13.4. The molecule has 2 atom stereocenters. The summed E-state index contributed by atoms with van der Waals surface area (Å²) >= 11 is 0. The van der Waals surface area contributed by atoms with E-state index in [9.17, 15) is 9.59 Å². The first-order chi connectivity index (χ1) is 11.6. The van der Waals surface area contributed by atoms with E-state index in [2.05, 4.69) is 10.3 Å². The molecule has 0 spiro atoms. The van der Waals surface area contributed by atoms with Crippen molar-refractivity contribution in [2.45, 2.75) is 6.10 Å². The standard InChI is InChI=1S/C15H19N5O4/c1-18-3-2-11(16-18)14(21)20-8-10-12(9-20)24-17-13(10)15(22)19-4-6-23-7-5-19/h2-3,10,12H,4-9H2,1H3. The molecule has 0 radical (unpaired) electrons. The van der Waals surface area contributed by atoms with Crippen LogP contribution >= 0.6 is 0 Å². The van der Waals surface area contributed by atoms with Gasteiger partial charge in [-0.3, -0.25) is 14.3 Å². The molecule has 0 N–H and O–H groups in total. The van der Waals surface area contributed by atoms with Gasteiger partial charge in [0, 0.05) is 32.9 Å². The van der Waals surface area contributed by atoms with Crippen molar-refractivity contribution in [3.63, 3.8) is 0 Å². The molecule has 0 bridgehead atoms. The maximum absolute atomic E-state index is 12.6. The first kappa shape index (κ1) is 15.1. The van der Waals surface area contributed by atoms with Gasteiger partial charge < -0.3 is 19.4 Å². The number of aromatic nitrogens is 2. The number of ether oxygens (including phenoxy) is 1. The number of likely N-dealkylation sites (tertiary alicyclic amines) is 1. The summed E-state index contributed by atoms with van der Waals surface area (Å²) in [6, 6.07) is 1.69. The lowest BCUT2D eigenvalue weighted by molar-refractivity contribution is -0.128. The second-order valence-corrected chi connectivity index (χ2v) is 6.22. The Bertz CT molecular complexity index is 694. The minimum Gasteiger partial charge on any atom is -0.389 e. The second-order valence-electron chi connectivity index (χ2n) is 6.22. The summed E-state index contributed by atoms with van der Waals surface area (Å²) in [6.07, 6.45) is 1.48. The molecule has 2 saturated heterocycles. The van der Waals surface area contributed by atoms with Crippen LogP contribution in [0.3, 0.4) is 0 Å². The molecule has 1 aromatic heterocycles. The number of oxime groups is 1. The summed E-state index contributed by atoms with van der Waals surface area (Å²) in [6.45, 7) is 3.05. The predicted molar refractivity (Wildman–Crippen MR) is 82.3 cm³/mol.